The lowest BCUT2D eigenvalue weighted by Crippen LogP contribution is -2.35. The first-order valence-electron chi connectivity index (χ1n) is 5.54. The summed E-state index contributed by atoms with van der Waals surface area (Å²) in [6, 6.07) is 5.75. The van der Waals surface area contributed by atoms with Gasteiger partial charge in [-0.15, -0.1) is 0 Å². The molecule has 1 aromatic heterocycles. The molecule has 0 aliphatic rings. The third-order valence-electron chi connectivity index (χ3n) is 2.84. The van der Waals surface area contributed by atoms with E-state index >= 15 is 0 Å². The molecule has 5 nitrogen and oxygen atoms in total. The first-order valence-corrected chi connectivity index (χ1v) is 5.54. The fourth-order valence-electron chi connectivity index (χ4n) is 2.23. The first-order chi connectivity index (χ1) is 7.99. The maximum atomic E-state index is 11.1. The zero-order valence-electron chi connectivity index (χ0n) is 10.2. The lowest BCUT2D eigenvalue weighted by atomic mass is 10.00. The van der Waals surface area contributed by atoms with Crippen LogP contribution in [0.5, 0.6) is 0 Å². The molecule has 0 saturated heterocycles. The number of aromatic amines is 1. The Bertz CT molecular complexity index is 560. The van der Waals surface area contributed by atoms with Crippen LogP contribution in [0.3, 0.4) is 0 Å². The lowest BCUT2D eigenvalue weighted by molar-refractivity contribution is 0.266. The molecule has 0 fully saturated rings. The monoisotopic (exact) mass is 235 g/mol. The number of rotatable bonds is 3. The van der Waals surface area contributed by atoms with E-state index in [-0.39, 0.29) is 12.1 Å². The van der Waals surface area contributed by atoms with Gasteiger partial charge in [-0.1, -0.05) is 6.07 Å². The van der Waals surface area contributed by atoms with Crippen molar-refractivity contribution in [2.75, 3.05) is 14.1 Å². The number of oxazole rings is 1. The minimum absolute atomic E-state index is 0.000993. The summed E-state index contributed by atoms with van der Waals surface area (Å²) < 4.78 is 4.97. The predicted octanol–water partition coefficient (Wildman–Crippen LogP) is 1.07. The number of fused-ring (bicyclic) bond motifs is 1. The molecular formula is C12H17N3O2. The normalized spacial score (nSPS) is 15.4. The summed E-state index contributed by atoms with van der Waals surface area (Å²) >= 11 is 0. The smallest absolute Gasteiger partial charge is 0.408 e. The molecular weight excluding hydrogens is 218 g/mol. The molecule has 5 heteroatoms. The molecule has 2 unspecified atom stereocenters. The Balaban J connectivity index is 2.50. The minimum Gasteiger partial charge on any atom is -0.408 e. The number of H-pyrrole nitrogens is 1. The maximum absolute atomic E-state index is 11.1. The summed E-state index contributed by atoms with van der Waals surface area (Å²) in [6.45, 7) is 1.97. The molecule has 17 heavy (non-hydrogen) atoms. The van der Waals surface area contributed by atoms with E-state index in [1.54, 1.807) is 6.07 Å². The Hall–Kier alpha value is -1.59. The standard InChI is InChI=1S/C12H17N3O2/c1-7(13)11(15(2)3)8-4-5-10-9(6-8)14-12(16)17-10/h4-7,11H,13H2,1-3H3,(H,14,16). The summed E-state index contributed by atoms with van der Waals surface area (Å²) in [6.07, 6.45) is 0. The van der Waals surface area contributed by atoms with Crippen LogP contribution in [-0.4, -0.2) is 30.0 Å². The third-order valence-corrected chi connectivity index (χ3v) is 2.84. The largest absolute Gasteiger partial charge is 0.417 e. The minimum atomic E-state index is -0.431. The number of nitrogens with one attached hydrogen (secondary N) is 1. The van der Waals surface area contributed by atoms with E-state index in [2.05, 4.69) is 9.88 Å². The van der Waals surface area contributed by atoms with Gasteiger partial charge >= 0.3 is 5.76 Å². The van der Waals surface area contributed by atoms with Gasteiger partial charge in [-0.05, 0) is 38.7 Å². The van der Waals surface area contributed by atoms with Gasteiger partial charge in [0.05, 0.1) is 5.52 Å². The highest BCUT2D eigenvalue weighted by Gasteiger charge is 2.19. The highest BCUT2D eigenvalue weighted by molar-refractivity contribution is 5.73. The van der Waals surface area contributed by atoms with Crippen LogP contribution < -0.4 is 11.5 Å². The molecule has 0 aliphatic heterocycles. The number of benzene rings is 1. The van der Waals surface area contributed by atoms with E-state index in [4.69, 9.17) is 10.2 Å². The van der Waals surface area contributed by atoms with Gasteiger partial charge < -0.3 is 15.1 Å². The molecule has 0 bridgehead atoms. The summed E-state index contributed by atoms with van der Waals surface area (Å²) in [5.74, 6) is -0.431. The van der Waals surface area contributed by atoms with E-state index in [0.29, 0.717) is 11.1 Å². The fourth-order valence-corrected chi connectivity index (χ4v) is 2.23. The molecule has 0 spiro atoms. The Morgan fingerprint density at radius 2 is 2.12 bits per heavy atom. The zero-order valence-corrected chi connectivity index (χ0v) is 10.2. The molecule has 0 aliphatic carbocycles. The van der Waals surface area contributed by atoms with Gasteiger partial charge in [-0.2, -0.15) is 0 Å². The van der Waals surface area contributed by atoms with Crippen LogP contribution in [0, 0.1) is 0 Å². The third kappa shape index (κ3) is 2.25. The van der Waals surface area contributed by atoms with Gasteiger partial charge in [0.1, 0.15) is 0 Å². The number of nitrogens with zero attached hydrogens (tertiary/aromatic N) is 1. The fraction of sp³-hybridized carbons (Fsp3) is 0.417. The van der Waals surface area contributed by atoms with Crippen molar-refractivity contribution in [1.82, 2.24) is 9.88 Å². The second-order valence-electron chi connectivity index (χ2n) is 4.54. The number of nitrogens with two attached hydrogens (primary N) is 1. The summed E-state index contributed by atoms with van der Waals surface area (Å²) in [5, 5.41) is 0. The molecule has 0 radical (unpaired) electrons. The zero-order chi connectivity index (χ0) is 12.6. The van der Waals surface area contributed by atoms with E-state index in [9.17, 15) is 4.79 Å². The van der Waals surface area contributed by atoms with Crippen LogP contribution in [0.4, 0.5) is 0 Å². The molecule has 1 heterocycles. The van der Waals surface area contributed by atoms with E-state index in [0.717, 1.165) is 5.56 Å². The predicted molar refractivity (Wildman–Crippen MR) is 66.9 cm³/mol. The molecule has 0 amide bonds. The highest BCUT2D eigenvalue weighted by Crippen LogP contribution is 2.23. The van der Waals surface area contributed by atoms with Gasteiger partial charge in [0, 0.05) is 12.1 Å². The van der Waals surface area contributed by atoms with Crippen LogP contribution in [-0.2, 0) is 0 Å². The van der Waals surface area contributed by atoms with Crippen LogP contribution in [0.1, 0.15) is 18.5 Å². The van der Waals surface area contributed by atoms with Gasteiger partial charge in [-0.3, -0.25) is 4.98 Å². The van der Waals surface area contributed by atoms with Crippen molar-refractivity contribution in [1.29, 1.82) is 0 Å². The first kappa shape index (κ1) is 11.9. The van der Waals surface area contributed by atoms with Crippen molar-refractivity contribution in [2.24, 2.45) is 5.73 Å². The number of likely N-dealkylation sites (N-methyl/N-ethyl adjacent to an activating group) is 1. The van der Waals surface area contributed by atoms with Crippen LogP contribution in [0.25, 0.3) is 11.1 Å². The molecule has 2 rings (SSSR count). The van der Waals surface area contributed by atoms with Crippen molar-refractivity contribution in [3.8, 4) is 0 Å². The van der Waals surface area contributed by atoms with Crippen molar-refractivity contribution in [3.05, 3.63) is 34.3 Å². The van der Waals surface area contributed by atoms with E-state index in [1.165, 1.54) is 0 Å². The van der Waals surface area contributed by atoms with Crippen molar-refractivity contribution >= 4 is 11.1 Å². The van der Waals surface area contributed by atoms with Crippen molar-refractivity contribution < 1.29 is 4.42 Å². The Morgan fingerprint density at radius 1 is 1.41 bits per heavy atom. The van der Waals surface area contributed by atoms with E-state index in [1.807, 2.05) is 33.2 Å². The van der Waals surface area contributed by atoms with Crippen LogP contribution in [0.15, 0.2) is 27.4 Å². The Labute approximate surface area is 99.2 Å². The maximum Gasteiger partial charge on any atom is 0.417 e. The quantitative estimate of drug-likeness (QED) is 0.834. The summed E-state index contributed by atoms with van der Waals surface area (Å²) in [5.41, 5.74) is 8.32. The van der Waals surface area contributed by atoms with Gasteiger partial charge in [0.15, 0.2) is 5.58 Å². The summed E-state index contributed by atoms with van der Waals surface area (Å²) in [7, 11) is 3.96. The lowest BCUT2D eigenvalue weighted by Gasteiger charge is -2.28. The molecule has 3 N–H and O–H groups in total. The van der Waals surface area contributed by atoms with Crippen molar-refractivity contribution in [3.63, 3.8) is 0 Å². The average Bonchev–Trinajstić information content (AvgIpc) is 2.56. The second-order valence-corrected chi connectivity index (χ2v) is 4.54. The summed E-state index contributed by atoms with van der Waals surface area (Å²) in [4.78, 5) is 15.8. The molecule has 92 valence electrons. The average molecular weight is 235 g/mol. The molecule has 1 aromatic carbocycles. The molecule has 2 aromatic rings. The molecule has 0 saturated carbocycles. The Kier molecular flexibility index (Phi) is 3.04. The van der Waals surface area contributed by atoms with Crippen molar-refractivity contribution in [2.45, 2.75) is 19.0 Å². The Morgan fingerprint density at radius 3 is 2.71 bits per heavy atom. The molecule has 2 atom stereocenters. The second kappa shape index (κ2) is 4.35. The highest BCUT2D eigenvalue weighted by atomic mass is 16.4. The van der Waals surface area contributed by atoms with Crippen LogP contribution >= 0.6 is 0 Å². The van der Waals surface area contributed by atoms with Gasteiger partial charge in [0.25, 0.3) is 0 Å². The topological polar surface area (TPSA) is 75.3 Å². The van der Waals surface area contributed by atoms with Gasteiger partial charge in [0.2, 0.25) is 0 Å². The van der Waals surface area contributed by atoms with Crippen LogP contribution in [0.2, 0.25) is 0 Å². The number of aromatic nitrogens is 1. The number of hydrogen-bond acceptors (Lipinski definition) is 4. The number of hydrogen-bond donors (Lipinski definition) is 2. The van der Waals surface area contributed by atoms with E-state index < -0.39 is 5.76 Å². The SMILES string of the molecule is CC(N)C(c1ccc2oc(=O)[nH]c2c1)N(C)C. The van der Waals surface area contributed by atoms with Gasteiger partial charge in [-0.25, -0.2) is 4.79 Å².